The van der Waals surface area contributed by atoms with Gasteiger partial charge in [0.1, 0.15) is 23.0 Å². The molecule has 0 atom stereocenters. The van der Waals surface area contributed by atoms with E-state index in [2.05, 4.69) is 18.8 Å². The first kappa shape index (κ1) is 24.4. The zero-order valence-electron chi connectivity index (χ0n) is 18.7. The van der Waals surface area contributed by atoms with Crippen LogP contribution in [0.5, 0.6) is 0 Å². The SMILES string of the molecule is CCc1ccc(C#Cc2ccc3c(F)c(CCc4cc(F)c(C(F)(F)F)c(F)c4)ccc3c2)cc1. The maximum absolute atomic E-state index is 15.1. The highest BCUT2D eigenvalue weighted by Gasteiger charge is 2.37. The summed E-state index contributed by atoms with van der Waals surface area (Å²) in [5, 5.41) is 1.01. The van der Waals surface area contributed by atoms with Crippen LogP contribution in [0, 0.1) is 29.3 Å². The predicted octanol–water partition coefficient (Wildman–Crippen LogP) is 8.02. The molecule has 0 amide bonds. The van der Waals surface area contributed by atoms with Crippen LogP contribution in [0.1, 0.15) is 40.3 Å². The summed E-state index contributed by atoms with van der Waals surface area (Å²) >= 11 is 0. The van der Waals surface area contributed by atoms with E-state index in [1.807, 2.05) is 24.3 Å². The summed E-state index contributed by atoms with van der Waals surface area (Å²) in [6, 6.07) is 17.6. The molecule has 0 heterocycles. The van der Waals surface area contributed by atoms with Gasteiger partial charge in [-0.15, -0.1) is 0 Å². The third-order valence-corrected chi connectivity index (χ3v) is 5.82. The van der Waals surface area contributed by atoms with Crippen molar-refractivity contribution in [1.29, 1.82) is 0 Å². The van der Waals surface area contributed by atoms with Gasteiger partial charge in [0.25, 0.3) is 0 Å². The molecular weight excluding hydrogens is 462 g/mol. The molecular formula is C29H20F6. The Morgan fingerprint density at radius 1 is 0.686 bits per heavy atom. The number of halogens is 6. The standard InChI is InChI=1S/C29H20F6/c1-2-18-3-5-19(6-4-18)7-8-20-10-14-24-23(15-20)13-12-22(28(24)32)11-9-21-16-25(30)27(26(31)17-21)29(33,34)35/h3-6,10,12-17H,2,9,11H2,1H3. The highest BCUT2D eigenvalue weighted by atomic mass is 19.4. The summed E-state index contributed by atoms with van der Waals surface area (Å²) < 4.78 is 80.9. The molecule has 6 heteroatoms. The average Bonchev–Trinajstić information content (AvgIpc) is 2.81. The van der Waals surface area contributed by atoms with E-state index in [0.29, 0.717) is 28.5 Å². The molecule has 178 valence electrons. The Labute approximate surface area is 199 Å². The first-order valence-corrected chi connectivity index (χ1v) is 11.0. The molecule has 0 nitrogen and oxygen atoms in total. The lowest BCUT2D eigenvalue weighted by Crippen LogP contribution is -2.12. The topological polar surface area (TPSA) is 0 Å². The first-order chi connectivity index (χ1) is 16.7. The van der Waals surface area contributed by atoms with E-state index in [1.54, 1.807) is 30.3 Å². The molecule has 4 aromatic rings. The van der Waals surface area contributed by atoms with Gasteiger partial charge in [-0.05, 0) is 77.7 Å². The zero-order chi connectivity index (χ0) is 25.2. The molecule has 0 saturated heterocycles. The van der Waals surface area contributed by atoms with Crippen LogP contribution in [0.3, 0.4) is 0 Å². The van der Waals surface area contributed by atoms with Crippen LogP contribution in [-0.4, -0.2) is 0 Å². The van der Waals surface area contributed by atoms with Crippen molar-refractivity contribution in [3.05, 3.63) is 118 Å². The Hall–Kier alpha value is -3.72. The van der Waals surface area contributed by atoms with E-state index in [-0.39, 0.29) is 18.4 Å². The van der Waals surface area contributed by atoms with Gasteiger partial charge < -0.3 is 0 Å². The van der Waals surface area contributed by atoms with Gasteiger partial charge in [-0.3, -0.25) is 0 Å². The van der Waals surface area contributed by atoms with Gasteiger partial charge in [-0.2, -0.15) is 13.2 Å². The lowest BCUT2D eigenvalue weighted by atomic mass is 9.98. The summed E-state index contributed by atoms with van der Waals surface area (Å²) in [4.78, 5) is 0. The van der Waals surface area contributed by atoms with Gasteiger partial charge in [-0.1, -0.05) is 49.1 Å². The predicted molar refractivity (Wildman–Crippen MR) is 124 cm³/mol. The molecule has 0 aromatic heterocycles. The third-order valence-electron chi connectivity index (χ3n) is 5.82. The quantitative estimate of drug-likeness (QED) is 0.204. The molecule has 0 aliphatic rings. The number of benzene rings is 4. The number of rotatable bonds is 4. The zero-order valence-corrected chi connectivity index (χ0v) is 18.7. The van der Waals surface area contributed by atoms with Crippen molar-refractivity contribution < 1.29 is 26.3 Å². The minimum Gasteiger partial charge on any atom is -0.206 e. The van der Waals surface area contributed by atoms with Gasteiger partial charge in [0, 0.05) is 16.5 Å². The van der Waals surface area contributed by atoms with E-state index < -0.39 is 29.2 Å². The van der Waals surface area contributed by atoms with E-state index in [1.165, 1.54) is 5.56 Å². The van der Waals surface area contributed by atoms with Crippen molar-refractivity contribution in [2.45, 2.75) is 32.4 Å². The fraction of sp³-hybridized carbons (Fsp3) is 0.172. The number of hydrogen-bond donors (Lipinski definition) is 0. The van der Waals surface area contributed by atoms with Gasteiger partial charge in [0.05, 0.1) is 0 Å². The molecule has 0 saturated carbocycles. The molecule has 0 radical (unpaired) electrons. The highest BCUT2D eigenvalue weighted by Crippen LogP contribution is 2.34. The molecule has 4 aromatic carbocycles. The third kappa shape index (κ3) is 5.51. The average molecular weight is 482 g/mol. The van der Waals surface area contributed by atoms with E-state index in [0.717, 1.165) is 17.5 Å². The maximum atomic E-state index is 15.1. The van der Waals surface area contributed by atoms with Crippen LogP contribution < -0.4 is 0 Å². The number of hydrogen-bond acceptors (Lipinski definition) is 0. The van der Waals surface area contributed by atoms with E-state index >= 15 is 4.39 Å². The molecule has 0 fully saturated rings. The van der Waals surface area contributed by atoms with Crippen LogP contribution in [0.25, 0.3) is 10.8 Å². The second-order valence-corrected chi connectivity index (χ2v) is 8.21. The molecule has 0 aliphatic carbocycles. The van der Waals surface area contributed by atoms with Gasteiger partial charge in [-0.25, -0.2) is 13.2 Å². The summed E-state index contributed by atoms with van der Waals surface area (Å²) in [6.07, 6.45) is -4.12. The molecule has 4 rings (SSSR count). The van der Waals surface area contributed by atoms with E-state index in [4.69, 9.17) is 0 Å². The van der Waals surface area contributed by atoms with Crippen molar-refractivity contribution in [2.75, 3.05) is 0 Å². The van der Waals surface area contributed by atoms with Crippen molar-refractivity contribution in [1.82, 2.24) is 0 Å². The molecule has 35 heavy (non-hydrogen) atoms. The molecule has 0 unspecified atom stereocenters. The Kier molecular flexibility index (Phi) is 6.88. The van der Waals surface area contributed by atoms with Crippen LogP contribution >= 0.6 is 0 Å². The number of aryl methyl sites for hydroxylation is 3. The fourth-order valence-corrected chi connectivity index (χ4v) is 3.90. The van der Waals surface area contributed by atoms with Gasteiger partial charge in [0.15, 0.2) is 0 Å². The first-order valence-electron chi connectivity index (χ1n) is 11.0. The van der Waals surface area contributed by atoms with Crippen molar-refractivity contribution in [3.8, 4) is 11.8 Å². The van der Waals surface area contributed by atoms with Crippen molar-refractivity contribution in [3.63, 3.8) is 0 Å². The normalized spacial score (nSPS) is 11.4. The summed E-state index contributed by atoms with van der Waals surface area (Å²) in [6.45, 7) is 2.08. The monoisotopic (exact) mass is 482 g/mol. The fourth-order valence-electron chi connectivity index (χ4n) is 3.90. The summed E-state index contributed by atoms with van der Waals surface area (Å²) in [5.41, 5.74) is 1.22. The van der Waals surface area contributed by atoms with Crippen LogP contribution in [0.15, 0.2) is 66.7 Å². The lowest BCUT2D eigenvalue weighted by molar-refractivity contribution is -0.142. The summed E-state index contributed by atoms with van der Waals surface area (Å²) in [5.74, 6) is 2.32. The Bertz CT molecular complexity index is 1410. The molecule has 0 spiro atoms. The molecule has 0 bridgehead atoms. The largest absolute Gasteiger partial charge is 0.422 e. The Morgan fingerprint density at radius 2 is 1.31 bits per heavy atom. The van der Waals surface area contributed by atoms with E-state index in [9.17, 15) is 22.0 Å². The number of alkyl halides is 3. The Balaban J connectivity index is 1.53. The lowest BCUT2D eigenvalue weighted by Gasteiger charge is -2.12. The molecule has 0 N–H and O–H groups in total. The van der Waals surface area contributed by atoms with Gasteiger partial charge >= 0.3 is 6.18 Å². The molecule has 0 aliphatic heterocycles. The minimum atomic E-state index is -5.12. The van der Waals surface area contributed by atoms with Crippen molar-refractivity contribution >= 4 is 10.8 Å². The van der Waals surface area contributed by atoms with Crippen LogP contribution in [-0.2, 0) is 25.4 Å². The summed E-state index contributed by atoms with van der Waals surface area (Å²) in [7, 11) is 0. The van der Waals surface area contributed by atoms with Gasteiger partial charge in [0.2, 0.25) is 0 Å². The van der Waals surface area contributed by atoms with Crippen molar-refractivity contribution in [2.24, 2.45) is 0 Å². The van der Waals surface area contributed by atoms with Crippen LogP contribution in [0.4, 0.5) is 26.3 Å². The smallest absolute Gasteiger partial charge is 0.206 e. The highest BCUT2D eigenvalue weighted by molar-refractivity contribution is 5.85. The second-order valence-electron chi connectivity index (χ2n) is 8.21. The second kappa shape index (κ2) is 9.87. The number of fused-ring (bicyclic) bond motifs is 1. The van der Waals surface area contributed by atoms with Crippen LogP contribution in [0.2, 0.25) is 0 Å². The minimum absolute atomic E-state index is 0.0186. The maximum Gasteiger partial charge on any atom is 0.422 e. The Morgan fingerprint density at radius 3 is 1.94 bits per heavy atom.